The molecule has 1 saturated heterocycles. The van der Waals surface area contributed by atoms with Crippen molar-refractivity contribution in [1.29, 1.82) is 0 Å². The van der Waals surface area contributed by atoms with Crippen molar-refractivity contribution in [1.82, 2.24) is 15.1 Å². The van der Waals surface area contributed by atoms with Crippen LogP contribution < -0.4 is 5.32 Å². The lowest BCUT2D eigenvalue weighted by molar-refractivity contribution is -0.137. The second kappa shape index (κ2) is 6.16. The molecule has 2 aliphatic heterocycles. The molecule has 1 aromatic carbocycles. The number of carbonyl (C=O) groups is 1. The van der Waals surface area contributed by atoms with Crippen LogP contribution in [0, 0.1) is 0 Å². The summed E-state index contributed by atoms with van der Waals surface area (Å²) in [6.07, 6.45) is 1.05. The van der Waals surface area contributed by atoms with Gasteiger partial charge in [-0.1, -0.05) is 24.3 Å². The van der Waals surface area contributed by atoms with Gasteiger partial charge in [-0.15, -0.1) is 0 Å². The molecule has 4 nitrogen and oxygen atoms in total. The first kappa shape index (κ1) is 14.5. The van der Waals surface area contributed by atoms with Crippen molar-refractivity contribution in [3.05, 3.63) is 35.4 Å². The summed E-state index contributed by atoms with van der Waals surface area (Å²) in [5.41, 5.74) is 2.81. The maximum atomic E-state index is 12.7. The zero-order valence-electron chi connectivity index (χ0n) is 13.0. The highest BCUT2D eigenvalue weighted by atomic mass is 16.2. The van der Waals surface area contributed by atoms with Gasteiger partial charge in [-0.3, -0.25) is 9.69 Å². The molecule has 1 amide bonds. The molecular weight excluding hydrogens is 262 g/mol. The molecule has 2 atom stereocenters. The third-order valence-corrected chi connectivity index (χ3v) is 4.75. The molecule has 1 fully saturated rings. The first-order chi connectivity index (χ1) is 10.1. The van der Waals surface area contributed by atoms with E-state index in [1.807, 2.05) is 4.90 Å². The lowest BCUT2D eigenvalue weighted by atomic mass is 9.98. The Kier molecular flexibility index (Phi) is 4.27. The Bertz CT molecular complexity index is 517. The van der Waals surface area contributed by atoms with E-state index in [0.717, 1.165) is 39.1 Å². The molecule has 0 aliphatic carbocycles. The number of benzene rings is 1. The van der Waals surface area contributed by atoms with Gasteiger partial charge >= 0.3 is 0 Å². The van der Waals surface area contributed by atoms with Crippen molar-refractivity contribution in [3.63, 3.8) is 0 Å². The third-order valence-electron chi connectivity index (χ3n) is 4.75. The zero-order valence-corrected chi connectivity index (χ0v) is 13.0. The summed E-state index contributed by atoms with van der Waals surface area (Å²) >= 11 is 0. The molecular formula is C17H25N3O. The number of amides is 1. The number of hydrogen-bond acceptors (Lipinski definition) is 3. The molecule has 2 unspecified atom stereocenters. The molecule has 1 N–H and O–H groups in total. The lowest BCUT2D eigenvalue weighted by Crippen LogP contribution is -2.56. The average molecular weight is 287 g/mol. The molecule has 0 saturated carbocycles. The van der Waals surface area contributed by atoms with E-state index in [2.05, 4.69) is 48.3 Å². The van der Waals surface area contributed by atoms with E-state index in [1.165, 1.54) is 11.1 Å². The summed E-state index contributed by atoms with van der Waals surface area (Å²) in [6, 6.07) is 8.96. The Labute approximate surface area is 127 Å². The summed E-state index contributed by atoms with van der Waals surface area (Å²) in [7, 11) is 0. The van der Waals surface area contributed by atoms with E-state index < -0.39 is 0 Å². The molecule has 3 rings (SSSR count). The first-order valence-corrected chi connectivity index (χ1v) is 7.98. The normalized spacial score (nSPS) is 24.5. The fourth-order valence-corrected chi connectivity index (χ4v) is 3.40. The van der Waals surface area contributed by atoms with E-state index in [-0.39, 0.29) is 11.9 Å². The topological polar surface area (TPSA) is 35.6 Å². The number of hydrogen-bond donors (Lipinski definition) is 1. The Morgan fingerprint density at radius 2 is 2.05 bits per heavy atom. The quantitative estimate of drug-likeness (QED) is 0.889. The van der Waals surface area contributed by atoms with Crippen LogP contribution in [0.1, 0.15) is 25.0 Å². The number of fused-ring (bicyclic) bond motifs is 1. The minimum Gasteiger partial charge on any atom is -0.339 e. The molecule has 1 aromatic rings. The Balaban J connectivity index is 1.66. The van der Waals surface area contributed by atoms with Gasteiger partial charge in [0.15, 0.2) is 0 Å². The van der Waals surface area contributed by atoms with Gasteiger partial charge in [0.05, 0.1) is 6.04 Å². The van der Waals surface area contributed by atoms with Crippen molar-refractivity contribution >= 4 is 5.91 Å². The smallest absolute Gasteiger partial charge is 0.239 e. The second-order valence-corrected chi connectivity index (χ2v) is 6.30. The van der Waals surface area contributed by atoms with Gasteiger partial charge < -0.3 is 10.2 Å². The standard InChI is InChI=1S/C17H25N3O/c1-13-11-20(10-8-18-13)17(21)14(2)19-9-7-15-5-3-4-6-16(15)12-19/h3-6,13-14,18H,7-12H2,1-2H3. The van der Waals surface area contributed by atoms with Gasteiger partial charge in [-0.05, 0) is 31.4 Å². The number of nitrogens with one attached hydrogen (secondary N) is 1. The lowest BCUT2D eigenvalue weighted by Gasteiger charge is -2.38. The van der Waals surface area contributed by atoms with Gasteiger partial charge in [-0.2, -0.15) is 0 Å². The molecule has 2 aliphatic rings. The number of carbonyl (C=O) groups excluding carboxylic acids is 1. The Morgan fingerprint density at radius 3 is 2.81 bits per heavy atom. The highest BCUT2D eigenvalue weighted by Gasteiger charge is 2.30. The highest BCUT2D eigenvalue weighted by Crippen LogP contribution is 2.21. The maximum absolute atomic E-state index is 12.7. The second-order valence-electron chi connectivity index (χ2n) is 6.30. The van der Waals surface area contributed by atoms with Crippen LogP contribution in [0.5, 0.6) is 0 Å². The Hall–Kier alpha value is -1.39. The van der Waals surface area contributed by atoms with Gasteiger partial charge in [0.1, 0.15) is 0 Å². The number of rotatable bonds is 2. The predicted octanol–water partition coefficient (Wildman–Crippen LogP) is 1.25. The van der Waals surface area contributed by atoms with Crippen molar-refractivity contribution in [2.45, 2.75) is 38.9 Å². The fraction of sp³-hybridized carbons (Fsp3) is 0.588. The molecule has 0 spiro atoms. The summed E-state index contributed by atoms with van der Waals surface area (Å²) in [5.74, 6) is 0.280. The van der Waals surface area contributed by atoms with E-state index in [9.17, 15) is 4.79 Å². The molecule has 2 heterocycles. The van der Waals surface area contributed by atoms with E-state index in [0.29, 0.717) is 6.04 Å². The van der Waals surface area contributed by atoms with E-state index >= 15 is 0 Å². The van der Waals surface area contributed by atoms with Gasteiger partial charge in [0.2, 0.25) is 5.91 Å². The predicted molar refractivity (Wildman–Crippen MR) is 84.1 cm³/mol. The SMILES string of the molecule is CC1CN(C(=O)C(C)N2CCc3ccccc3C2)CCN1. The minimum atomic E-state index is -0.0244. The summed E-state index contributed by atoms with van der Waals surface area (Å²) in [4.78, 5) is 17.0. The summed E-state index contributed by atoms with van der Waals surface area (Å²) in [5, 5.41) is 3.39. The molecule has 4 heteroatoms. The molecule has 0 bridgehead atoms. The van der Waals surface area contributed by atoms with Crippen LogP contribution in [-0.4, -0.2) is 54.0 Å². The van der Waals surface area contributed by atoms with Crippen LogP contribution in [0.4, 0.5) is 0 Å². The van der Waals surface area contributed by atoms with Crippen LogP contribution in [0.25, 0.3) is 0 Å². The van der Waals surface area contributed by atoms with E-state index in [1.54, 1.807) is 0 Å². The Morgan fingerprint density at radius 1 is 1.29 bits per heavy atom. The number of piperazine rings is 1. The van der Waals surface area contributed by atoms with Crippen LogP contribution in [0.15, 0.2) is 24.3 Å². The largest absolute Gasteiger partial charge is 0.339 e. The summed E-state index contributed by atoms with van der Waals surface area (Å²) in [6.45, 7) is 8.63. The zero-order chi connectivity index (χ0) is 14.8. The average Bonchev–Trinajstić information content (AvgIpc) is 2.53. The van der Waals surface area contributed by atoms with Gasteiger partial charge in [-0.25, -0.2) is 0 Å². The molecule has 21 heavy (non-hydrogen) atoms. The van der Waals surface area contributed by atoms with Crippen molar-refractivity contribution in [2.75, 3.05) is 26.2 Å². The van der Waals surface area contributed by atoms with Crippen molar-refractivity contribution < 1.29 is 4.79 Å². The van der Waals surface area contributed by atoms with Crippen LogP contribution in [0.2, 0.25) is 0 Å². The van der Waals surface area contributed by atoms with Gasteiger partial charge in [0.25, 0.3) is 0 Å². The highest BCUT2D eigenvalue weighted by molar-refractivity contribution is 5.81. The number of nitrogens with zero attached hydrogens (tertiary/aromatic N) is 2. The van der Waals surface area contributed by atoms with Gasteiger partial charge in [0, 0.05) is 38.8 Å². The van der Waals surface area contributed by atoms with Crippen molar-refractivity contribution in [3.8, 4) is 0 Å². The van der Waals surface area contributed by atoms with Crippen LogP contribution in [0.3, 0.4) is 0 Å². The van der Waals surface area contributed by atoms with Crippen molar-refractivity contribution in [2.24, 2.45) is 0 Å². The molecule has 0 radical (unpaired) electrons. The van der Waals surface area contributed by atoms with Crippen LogP contribution >= 0.6 is 0 Å². The molecule has 0 aromatic heterocycles. The first-order valence-electron chi connectivity index (χ1n) is 7.98. The molecule has 114 valence electrons. The third kappa shape index (κ3) is 3.11. The summed E-state index contributed by atoms with van der Waals surface area (Å²) < 4.78 is 0. The fourth-order valence-electron chi connectivity index (χ4n) is 3.40. The monoisotopic (exact) mass is 287 g/mol. The van der Waals surface area contributed by atoms with Crippen LogP contribution in [-0.2, 0) is 17.8 Å². The van der Waals surface area contributed by atoms with E-state index in [4.69, 9.17) is 0 Å². The maximum Gasteiger partial charge on any atom is 0.239 e. The minimum absolute atomic E-state index is 0.0244.